The van der Waals surface area contributed by atoms with Crippen LogP contribution >= 0.6 is 34.2 Å². The molecule has 2 aromatic heterocycles. The van der Waals surface area contributed by atoms with E-state index in [0.29, 0.717) is 47.9 Å². The third-order valence-corrected chi connectivity index (χ3v) is 6.71. The second-order valence-electron chi connectivity index (χ2n) is 8.24. The monoisotopic (exact) mass is 643 g/mol. The fourth-order valence-electron chi connectivity index (χ4n) is 3.79. The number of carboxylic acids is 1. The van der Waals surface area contributed by atoms with Crippen molar-refractivity contribution in [2.75, 3.05) is 7.11 Å². The van der Waals surface area contributed by atoms with Crippen molar-refractivity contribution in [1.29, 1.82) is 0 Å². The normalized spacial score (nSPS) is 12.3. The van der Waals surface area contributed by atoms with Gasteiger partial charge in [0.15, 0.2) is 23.4 Å². The maximum Gasteiger partial charge on any atom is 0.344 e. The van der Waals surface area contributed by atoms with E-state index in [2.05, 4.69) is 10.1 Å². The number of methoxy groups -OCH3 is 1. The smallest absolute Gasteiger partial charge is 0.344 e. The Balaban J connectivity index is 1.63. The van der Waals surface area contributed by atoms with Gasteiger partial charge >= 0.3 is 5.97 Å². The molecule has 0 aliphatic heterocycles. The maximum absolute atomic E-state index is 13.5. The number of halogens is 2. The molecule has 1 N–H and O–H groups in total. The zero-order chi connectivity index (χ0) is 27.0. The molecule has 0 aliphatic rings. The number of hydrogen-bond donors (Lipinski definition) is 1. The lowest BCUT2D eigenvalue weighted by atomic mass is 10.2. The van der Waals surface area contributed by atoms with E-state index in [4.69, 9.17) is 25.5 Å². The summed E-state index contributed by atoms with van der Waals surface area (Å²) >= 11 is 8.16. The summed E-state index contributed by atoms with van der Waals surface area (Å²) in [5, 5.41) is 15.4. The van der Waals surface area contributed by atoms with Crippen molar-refractivity contribution >= 4 is 68.2 Å². The molecule has 5 rings (SSSR count). The topological polar surface area (TPSA) is 116 Å². The molecule has 0 aliphatic carbocycles. The molecule has 38 heavy (non-hydrogen) atoms. The lowest BCUT2D eigenvalue weighted by Gasteiger charge is -2.16. The largest absolute Gasteiger partial charge is 0.493 e. The highest BCUT2D eigenvalue weighted by Gasteiger charge is 2.20. The van der Waals surface area contributed by atoms with E-state index in [9.17, 15) is 14.7 Å². The molecule has 0 saturated heterocycles. The van der Waals surface area contributed by atoms with Crippen molar-refractivity contribution in [1.82, 2.24) is 9.66 Å². The Morgan fingerprint density at radius 2 is 2.00 bits per heavy atom. The molecule has 0 unspecified atom stereocenters. The molecular weight excluding hydrogens is 625 g/mol. The van der Waals surface area contributed by atoms with Crippen LogP contribution in [0.15, 0.2) is 75.0 Å². The van der Waals surface area contributed by atoms with Crippen molar-refractivity contribution in [3.8, 4) is 23.1 Å². The fourth-order valence-corrected chi connectivity index (χ4v) is 4.73. The molecule has 0 bridgehead atoms. The zero-order valence-corrected chi connectivity index (χ0v) is 22.9. The average molecular weight is 644 g/mol. The highest BCUT2D eigenvalue weighted by molar-refractivity contribution is 14.1. The van der Waals surface area contributed by atoms with Crippen LogP contribution in [0.2, 0.25) is 5.02 Å². The Kier molecular flexibility index (Phi) is 7.09. The molecule has 0 fully saturated rings. The van der Waals surface area contributed by atoms with E-state index in [-0.39, 0.29) is 11.4 Å². The van der Waals surface area contributed by atoms with Crippen LogP contribution in [0.5, 0.6) is 11.5 Å². The summed E-state index contributed by atoms with van der Waals surface area (Å²) in [6.07, 6.45) is 0.413. The zero-order valence-electron chi connectivity index (χ0n) is 20.0. The van der Waals surface area contributed by atoms with Crippen LogP contribution in [0.3, 0.4) is 0 Å². The number of nitrogens with zero attached hydrogens (tertiary/aromatic N) is 3. The summed E-state index contributed by atoms with van der Waals surface area (Å²) in [7, 11) is 1.45. The molecule has 192 valence electrons. The van der Waals surface area contributed by atoms with Crippen LogP contribution < -0.4 is 15.0 Å². The van der Waals surface area contributed by atoms with E-state index in [1.807, 2.05) is 22.6 Å². The quantitative estimate of drug-likeness (QED) is 0.176. The summed E-state index contributed by atoms with van der Waals surface area (Å²) in [5.41, 5.74) is 1.30. The van der Waals surface area contributed by atoms with E-state index >= 15 is 0 Å². The van der Waals surface area contributed by atoms with E-state index in [1.165, 1.54) is 24.9 Å². The first kappa shape index (κ1) is 25.7. The summed E-state index contributed by atoms with van der Waals surface area (Å²) in [4.78, 5) is 29.4. The standard InChI is InChI=1S/C27H19ClIN3O6/c1-14(27(34)35)37-24-19(29)9-15(10-22(24)36-2)13-30-32-25(31-20-6-4-3-5-18(20)26(32)33)23-12-16-11-17(28)7-8-21(16)38-23/h3-14H,1-2H3,(H,34,35)/t14-/m1/s1. The average Bonchev–Trinajstić information content (AvgIpc) is 3.32. The van der Waals surface area contributed by atoms with E-state index in [0.717, 1.165) is 5.39 Å². The molecule has 0 amide bonds. The van der Waals surface area contributed by atoms with Gasteiger partial charge in [0.25, 0.3) is 5.56 Å². The molecule has 9 nitrogen and oxygen atoms in total. The molecule has 0 spiro atoms. The predicted molar refractivity (Wildman–Crippen MR) is 153 cm³/mol. The lowest BCUT2D eigenvalue weighted by Crippen LogP contribution is -2.23. The van der Waals surface area contributed by atoms with Crippen LogP contribution in [0.1, 0.15) is 12.5 Å². The van der Waals surface area contributed by atoms with Crippen LogP contribution in [0.25, 0.3) is 33.5 Å². The summed E-state index contributed by atoms with van der Waals surface area (Å²) in [6, 6.07) is 17.3. The van der Waals surface area contributed by atoms with Gasteiger partial charge in [-0.05, 0) is 83.6 Å². The third-order valence-electron chi connectivity index (χ3n) is 5.67. The van der Waals surface area contributed by atoms with Crippen molar-refractivity contribution in [3.05, 3.63) is 85.2 Å². The Morgan fingerprint density at radius 3 is 2.76 bits per heavy atom. The van der Waals surface area contributed by atoms with Gasteiger partial charge in [0, 0.05) is 10.4 Å². The number of hydrogen-bond acceptors (Lipinski definition) is 7. The van der Waals surface area contributed by atoms with Gasteiger partial charge < -0.3 is 19.0 Å². The first-order chi connectivity index (χ1) is 18.2. The van der Waals surface area contributed by atoms with Gasteiger partial charge in [0.2, 0.25) is 5.82 Å². The van der Waals surface area contributed by atoms with Gasteiger partial charge in [0.05, 0.1) is 27.8 Å². The Bertz CT molecular complexity index is 1800. The van der Waals surface area contributed by atoms with Crippen LogP contribution in [0.4, 0.5) is 0 Å². The van der Waals surface area contributed by atoms with Crippen molar-refractivity contribution < 1.29 is 23.8 Å². The highest BCUT2D eigenvalue weighted by atomic mass is 127. The van der Waals surface area contributed by atoms with Gasteiger partial charge in [-0.3, -0.25) is 4.79 Å². The Labute approximate surface area is 234 Å². The van der Waals surface area contributed by atoms with Crippen molar-refractivity contribution in [3.63, 3.8) is 0 Å². The number of rotatable bonds is 7. The minimum absolute atomic E-state index is 0.217. The number of ether oxygens (including phenoxy) is 2. The summed E-state index contributed by atoms with van der Waals surface area (Å²) in [6.45, 7) is 1.43. The van der Waals surface area contributed by atoms with Gasteiger partial charge in [-0.2, -0.15) is 9.78 Å². The number of benzene rings is 3. The Morgan fingerprint density at radius 1 is 1.21 bits per heavy atom. The van der Waals surface area contributed by atoms with Crippen LogP contribution in [-0.4, -0.2) is 40.2 Å². The van der Waals surface area contributed by atoms with Gasteiger partial charge in [-0.25, -0.2) is 9.78 Å². The van der Waals surface area contributed by atoms with Gasteiger partial charge in [-0.15, -0.1) is 0 Å². The summed E-state index contributed by atoms with van der Waals surface area (Å²) < 4.78 is 18.8. The second-order valence-corrected chi connectivity index (χ2v) is 9.84. The first-order valence-electron chi connectivity index (χ1n) is 11.3. The minimum Gasteiger partial charge on any atom is -0.493 e. The first-order valence-corrected chi connectivity index (χ1v) is 12.7. The molecule has 1 atom stereocenters. The minimum atomic E-state index is -1.10. The number of carboxylic acid groups (broad SMARTS) is 1. The number of fused-ring (bicyclic) bond motifs is 2. The molecule has 2 heterocycles. The predicted octanol–water partition coefficient (Wildman–Crippen LogP) is 5.81. The number of aromatic nitrogens is 2. The molecule has 11 heteroatoms. The van der Waals surface area contributed by atoms with E-state index in [1.54, 1.807) is 60.7 Å². The molecule has 3 aromatic carbocycles. The third kappa shape index (κ3) is 4.96. The summed E-state index contributed by atoms with van der Waals surface area (Å²) in [5.74, 6) is 0.0863. The van der Waals surface area contributed by atoms with E-state index < -0.39 is 12.1 Å². The number of furan rings is 1. The van der Waals surface area contributed by atoms with Crippen molar-refractivity contribution in [2.45, 2.75) is 13.0 Å². The molecule has 0 radical (unpaired) electrons. The van der Waals surface area contributed by atoms with Gasteiger partial charge in [0.1, 0.15) is 5.58 Å². The lowest BCUT2D eigenvalue weighted by molar-refractivity contribution is -0.144. The molecule has 5 aromatic rings. The molecule has 0 saturated carbocycles. The fraction of sp³-hybridized carbons (Fsp3) is 0.111. The van der Waals surface area contributed by atoms with Gasteiger partial charge in [-0.1, -0.05) is 23.7 Å². The number of carbonyl (C=O) groups is 1. The Hall–Kier alpha value is -3.90. The van der Waals surface area contributed by atoms with Crippen LogP contribution in [-0.2, 0) is 4.79 Å². The van der Waals surface area contributed by atoms with Crippen molar-refractivity contribution in [2.24, 2.45) is 5.10 Å². The second kappa shape index (κ2) is 10.5. The SMILES string of the molecule is COc1cc(C=Nn2c(-c3cc4cc(Cl)ccc4o3)nc3ccccc3c2=O)cc(I)c1O[C@H](C)C(=O)O. The van der Waals surface area contributed by atoms with Crippen LogP contribution in [0, 0.1) is 3.57 Å². The number of para-hydroxylation sites is 1. The maximum atomic E-state index is 13.5. The number of aliphatic carboxylic acids is 1. The molecular formula is C27H19ClIN3O6. The highest BCUT2D eigenvalue weighted by Crippen LogP contribution is 2.34.